The van der Waals surface area contributed by atoms with Crippen molar-refractivity contribution in [2.75, 3.05) is 37.1 Å². The standard InChI is InChI=1S/C26H31N5O3S.C10H12.C3H6O2.C2H6/c1-4-31(5-2)21-9-10-23(22(15-21)24-14-19(25(27)33)11-12-28-24)29-26(34)20-8-6-7-18(13-20)16-35-30(3)17-32;1-2-6-10-8-4-3-7-9(10)5-1;1-2-3(4)5;1-2/h6-15,32H,4-5,16-17H2,1-3H3,(H2,27,33)(H,29,34);1-2,5-6H,3-4,7-8H2;2H2,1H3,(H,4,5);1-2H3. The molecule has 11 heteroatoms. The second-order valence-electron chi connectivity index (χ2n) is 11.6. The van der Waals surface area contributed by atoms with Crippen molar-refractivity contribution in [1.29, 1.82) is 0 Å². The number of nitrogens with one attached hydrogen (secondary N) is 1. The largest absolute Gasteiger partial charge is 0.481 e. The molecule has 1 heterocycles. The van der Waals surface area contributed by atoms with Gasteiger partial charge in [-0.25, -0.2) is 4.31 Å². The average Bonchev–Trinajstić information content (AvgIpc) is 3.19. The van der Waals surface area contributed by atoms with Gasteiger partial charge in [-0.2, -0.15) is 0 Å². The molecule has 0 saturated heterocycles. The number of carbonyl (C=O) groups excluding carboxylic acids is 2. The van der Waals surface area contributed by atoms with Gasteiger partial charge in [0, 0.05) is 53.8 Å². The number of aliphatic hydroxyl groups is 1. The predicted molar refractivity (Wildman–Crippen MR) is 215 cm³/mol. The summed E-state index contributed by atoms with van der Waals surface area (Å²) in [5, 5.41) is 19.9. The van der Waals surface area contributed by atoms with Crippen molar-refractivity contribution >= 4 is 41.1 Å². The van der Waals surface area contributed by atoms with Crippen LogP contribution in [0.4, 0.5) is 11.4 Å². The molecule has 10 nitrogen and oxygen atoms in total. The van der Waals surface area contributed by atoms with Gasteiger partial charge in [0.25, 0.3) is 5.91 Å². The first-order valence-electron chi connectivity index (χ1n) is 17.9. The van der Waals surface area contributed by atoms with Gasteiger partial charge in [0.15, 0.2) is 0 Å². The topological polar surface area (TPSA) is 149 Å². The fourth-order valence-electron chi connectivity index (χ4n) is 5.27. The molecule has 0 radical (unpaired) electrons. The Labute approximate surface area is 313 Å². The monoisotopic (exact) mass is 729 g/mol. The minimum Gasteiger partial charge on any atom is -0.481 e. The number of amides is 2. The lowest BCUT2D eigenvalue weighted by Crippen LogP contribution is -2.22. The fraction of sp³-hybridized carbons (Fsp3) is 0.366. The predicted octanol–water partition coefficient (Wildman–Crippen LogP) is 8.05. The molecule has 0 bridgehead atoms. The van der Waals surface area contributed by atoms with Gasteiger partial charge >= 0.3 is 5.97 Å². The number of carboxylic acid groups (broad SMARTS) is 1. The normalized spacial score (nSPS) is 11.3. The van der Waals surface area contributed by atoms with E-state index in [-0.39, 0.29) is 19.1 Å². The van der Waals surface area contributed by atoms with E-state index in [9.17, 15) is 19.5 Å². The Morgan fingerprint density at radius 2 is 1.50 bits per heavy atom. The first-order chi connectivity index (χ1) is 25.1. The number of nitrogens with zero attached hydrogens (tertiary/aromatic N) is 3. The Morgan fingerprint density at radius 1 is 0.865 bits per heavy atom. The summed E-state index contributed by atoms with van der Waals surface area (Å²) in [4.78, 5) is 40.9. The third-order valence-corrected chi connectivity index (χ3v) is 9.12. The second kappa shape index (κ2) is 23.7. The maximum absolute atomic E-state index is 13.2. The molecule has 1 aliphatic carbocycles. The van der Waals surface area contributed by atoms with Crippen LogP contribution in [0.1, 0.15) is 91.3 Å². The summed E-state index contributed by atoms with van der Waals surface area (Å²) in [7, 11) is 1.80. The molecule has 0 aliphatic heterocycles. The average molecular weight is 730 g/mol. The second-order valence-corrected chi connectivity index (χ2v) is 12.8. The Balaban J connectivity index is 0.000000449. The quantitative estimate of drug-likeness (QED) is 0.0840. The van der Waals surface area contributed by atoms with Crippen molar-refractivity contribution in [1.82, 2.24) is 9.29 Å². The molecular weight excluding hydrogens is 675 g/mol. The van der Waals surface area contributed by atoms with Crippen LogP contribution in [-0.4, -0.2) is 64.2 Å². The minimum atomic E-state index is -0.745. The number of hydrogen-bond acceptors (Lipinski definition) is 8. The number of aliphatic hydroxyl groups excluding tert-OH is 1. The van der Waals surface area contributed by atoms with Gasteiger partial charge in [-0.3, -0.25) is 19.4 Å². The Hall–Kier alpha value is -4.71. The SMILES string of the molecule is CC.CCC(=O)O.CCN(CC)c1ccc(NC(=O)c2cccc(CSN(C)CO)c2)c(-c2cc(C(N)=O)ccn2)c1.c1ccc2c(c1)CCCC2. The van der Waals surface area contributed by atoms with Gasteiger partial charge < -0.3 is 26.2 Å². The fourth-order valence-corrected chi connectivity index (χ4v) is 5.90. The van der Waals surface area contributed by atoms with Crippen LogP contribution in [0.25, 0.3) is 11.3 Å². The van der Waals surface area contributed by atoms with E-state index < -0.39 is 11.9 Å². The van der Waals surface area contributed by atoms with E-state index in [2.05, 4.69) is 53.3 Å². The number of primary amides is 1. The summed E-state index contributed by atoms with van der Waals surface area (Å²) in [5.41, 5.74) is 13.3. The smallest absolute Gasteiger partial charge is 0.303 e. The molecule has 0 spiro atoms. The summed E-state index contributed by atoms with van der Waals surface area (Å²) < 4.78 is 1.71. The van der Waals surface area contributed by atoms with Crippen LogP contribution in [-0.2, 0) is 23.4 Å². The van der Waals surface area contributed by atoms with Crippen LogP contribution in [0.15, 0.2) is 85.1 Å². The zero-order chi connectivity index (χ0) is 38.5. The zero-order valence-corrected chi connectivity index (χ0v) is 32.2. The van der Waals surface area contributed by atoms with Crippen LogP contribution < -0.4 is 16.0 Å². The molecule has 2 amide bonds. The molecule has 52 heavy (non-hydrogen) atoms. The lowest BCUT2D eigenvalue weighted by molar-refractivity contribution is -0.136. The molecular formula is C41H55N5O5S. The number of benzene rings is 3. The lowest BCUT2D eigenvalue weighted by Gasteiger charge is -2.23. The lowest BCUT2D eigenvalue weighted by atomic mass is 9.92. The summed E-state index contributed by atoms with van der Waals surface area (Å²) in [6.07, 6.45) is 7.13. The summed E-state index contributed by atoms with van der Waals surface area (Å²) in [6.45, 7) is 11.4. The number of nitrogens with two attached hydrogens (primary N) is 1. The molecule has 3 aromatic carbocycles. The van der Waals surface area contributed by atoms with Crippen molar-refractivity contribution in [2.45, 2.75) is 72.5 Å². The molecule has 5 rings (SSSR count). The van der Waals surface area contributed by atoms with Gasteiger partial charge in [-0.1, -0.05) is 69.1 Å². The van der Waals surface area contributed by atoms with E-state index in [4.69, 9.17) is 10.8 Å². The number of aliphatic carboxylic acids is 1. The molecule has 1 aliphatic rings. The zero-order valence-electron chi connectivity index (χ0n) is 31.4. The van der Waals surface area contributed by atoms with Crippen molar-refractivity contribution in [3.05, 3.63) is 113 Å². The minimum absolute atomic E-state index is 0.0535. The van der Waals surface area contributed by atoms with Crippen LogP contribution in [0, 0.1) is 0 Å². The van der Waals surface area contributed by atoms with E-state index in [0.29, 0.717) is 33.8 Å². The number of hydrogen-bond donors (Lipinski definition) is 4. The van der Waals surface area contributed by atoms with E-state index in [1.54, 1.807) is 47.6 Å². The highest BCUT2D eigenvalue weighted by molar-refractivity contribution is 7.96. The Kier molecular flexibility index (Phi) is 19.8. The van der Waals surface area contributed by atoms with Gasteiger partial charge in [0.05, 0.1) is 11.4 Å². The van der Waals surface area contributed by atoms with Gasteiger partial charge in [0.1, 0.15) is 6.73 Å². The highest BCUT2D eigenvalue weighted by Crippen LogP contribution is 2.32. The summed E-state index contributed by atoms with van der Waals surface area (Å²) in [5.74, 6) is -0.910. The van der Waals surface area contributed by atoms with E-state index in [1.165, 1.54) is 43.8 Å². The molecule has 0 fully saturated rings. The van der Waals surface area contributed by atoms with Crippen LogP contribution in [0.2, 0.25) is 0 Å². The van der Waals surface area contributed by atoms with E-state index >= 15 is 0 Å². The molecule has 280 valence electrons. The first kappa shape index (κ1) is 43.5. The van der Waals surface area contributed by atoms with E-state index in [0.717, 1.165) is 24.3 Å². The first-order valence-corrected chi connectivity index (χ1v) is 18.8. The van der Waals surface area contributed by atoms with Crippen molar-refractivity contribution in [2.24, 2.45) is 5.73 Å². The van der Waals surface area contributed by atoms with Crippen molar-refractivity contribution in [3.63, 3.8) is 0 Å². The number of aryl methyl sites for hydroxylation is 2. The van der Waals surface area contributed by atoms with Crippen LogP contribution in [0.5, 0.6) is 0 Å². The number of fused-ring (bicyclic) bond motifs is 1. The van der Waals surface area contributed by atoms with Crippen molar-refractivity contribution in [3.8, 4) is 11.3 Å². The van der Waals surface area contributed by atoms with E-state index in [1.807, 2.05) is 50.2 Å². The number of pyridine rings is 1. The maximum atomic E-state index is 13.2. The van der Waals surface area contributed by atoms with Gasteiger partial charge in [0.2, 0.25) is 5.91 Å². The summed E-state index contributed by atoms with van der Waals surface area (Å²) >= 11 is 1.47. The van der Waals surface area contributed by atoms with Crippen LogP contribution in [0.3, 0.4) is 0 Å². The molecule has 0 saturated carbocycles. The molecule has 1 aromatic heterocycles. The third-order valence-electron chi connectivity index (χ3n) is 8.10. The molecule has 5 N–H and O–H groups in total. The molecule has 0 atom stereocenters. The third kappa shape index (κ3) is 14.1. The Bertz CT molecular complexity index is 1690. The highest BCUT2D eigenvalue weighted by atomic mass is 32.2. The number of carbonyl (C=O) groups is 3. The van der Waals surface area contributed by atoms with Gasteiger partial charge in [-0.15, -0.1) is 0 Å². The Morgan fingerprint density at radius 3 is 2.06 bits per heavy atom. The van der Waals surface area contributed by atoms with Crippen molar-refractivity contribution < 1.29 is 24.6 Å². The van der Waals surface area contributed by atoms with Gasteiger partial charge in [-0.05, 0) is 106 Å². The highest BCUT2D eigenvalue weighted by Gasteiger charge is 2.16. The molecule has 4 aromatic rings. The number of aromatic nitrogens is 1. The molecule has 0 unspecified atom stereocenters. The number of anilines is 2. The number of rotatable bonds is 12. The summed E-state index contributed by atoms with van der Waals surface area (Å²) in [6, 6.07) is 25.2. The van der Waals surface area contributed by atoms with Crippen LogP contribution >= 0.6 is 11.9 Å². The maximum Gasteiger partial charge on any atom is 0.303 e. The number of carboxylic acids is 1.